The highest BCUT2D eigenvalue weighted by molar-refractivity contribution is 5.53. The maximum Gasteiger partial charge on any atom is 0.0994 e. The predicted molar refractivity (Wildman–Crippen MR) is 53.2 cm³/mol. The monoisotopic (exact) mass is 169 g/mol. The topological polar surface area (TPSA) is 23.8 Å². The van der Waals surface area contributed by atoms with Gasteiger partial charge in [-0.05, 0) is 36.0 Å². The van der Waals surface area contributed by atoms with Gasteiger partial charge in [-0.2, -0.15) is 5.26 Å². The molecule has 1 aromatic carbocycles. The normalized spacial score (nSPS) is 15.0. The van der Waals surface area contributed by atoms with E-state index >= 15 is 0 Å². The fraction of sp³-hybridized carbons (Fsp3) is 0.250. The standard InChI is InChI=1S/C12H11N/c1-2-9-3-4-11(8-13)12(7-9)10-5-6-10/h2-4,7,10H,1,5-6H2. The van der Waals surface area contributed by atoms with Crippen molar-refractivity contribution in [2.24, 2.45) is 0 Å². The summed E-state index contributed by atoms with van der Waals surface area (Å²) in [5, 5.41) is 8.88. The molecule has 1 aliphatic carbocycles. The number of nitriles is 1. The number of hydrogen-bond acceptors (Lipinski definition) is 1. The second kappa shape index (κ2) is 3.06. The molecule has 1 fully saturated rings. The van der Waals surface area contributed by atoms with E-state index in [0.29, 0.717) is 5.92 Å². The molecular formula is C12H11N. The molecule has 0 amide bonds. The molecule has 0 N–H and O–H groups in total. The Hall–Kier alpha value is -1.55. The molecule has 1 aromatic rings. The largest absolute Gasteiger partial charge is 0.192 e. The first-order valence-corrected chi connectivity index (χ1v) is 4.51. The van der Waals surface area contributed by atoms with Crippen LogP contribution in [0.15, 0.2) is 24.8 Å². The summed E-state index contributed by atoms with van der Waals surface area (Å²) in [6, 6.07) is 8.16. The number of benzene rings is 1. The van der Waals surface area contributed by atoms with Gasteiger partial charge in [0.25, 0.3) is 0 Å². The molecule has 0 aliphatic heterocycles. The molecule has 0 aromatic heterocycles. The van der Waals surface area contributed by atoms with Crippen molar-refractivity contribution in [2.75, 3.05) is 0 Å². The van der Waals surface area contributed by atoms with Crippen molar-refractivity contribution in [1.29, 1.82) is 5.26 Å². The zero-order valence-electron chi connectivity index (χ0n) is 7.46. The molecule has 0 heterocycles. The van der Waals surface area contributed by atoms with E-state index < -0.39 is 0 Å². The van der Waals surface area contributed by atoms with Gasteiger partial charge in [0.1, 0.15) is 0 Å². The van der Waals surface area contributed by atoms with Crippen LogP contribution in [-0.4, -0.2) is 0 Å². The van der Waals surface area contributed by atoms with Crippen LogP contribution in [0.2, 0.25) is 0 Å². The van der Waals surface area contributed by atoms with E-state index in [4.69, 9.17) is 5.26 Å². The summed E-state index contributed by atoms with van der Waals surface area (Å²) in [4.78, 5) is 0. The molecule has 2 rings (SSSR count). The second-order valence-corrected chi connectivity index (χ2v) is 3.44. The van der Waals surface area contributed by atoms with E-state index in [1.54, 1.807) is 0 Å². The van der Waals surface area contributed by atoms with Crippen LogP contribution in [-0.2, 0) is 0 Å². The summed E-state index contributed by atoms with van der Waals surface area (Å²) < 4.78 is 0. The van der Waals surface area contributed by atoms with Crippen LogP contribution in [0.1, 0.15) is 35.4 Å². The molecule has 1 nitrogen and oxygen atoms in total. The number of hydrogen-bond donors (Lipinski definition) is 0. The summed E-state index contributed by atoms with van der Waals surface area (Å²) in [6.07, 6.45) is 4.29. The van der Waals surface area contributed by atoms with Crippen LogP contribution in [0.4, 0.5) is 0 Å². The Morgan fingerprint density at radius 1 is 1.46 bits per heavy atom. The minimum atomic E-state index is 0.634. The first kappa shape index (κ1) is 8.07. The van der Waals surface area contributed by atoms with Gasteiger partial charge in [0.05, 0.1) is 11.6 Å². The minimum Gasteiger partial charge on any atom is -0.192 e. The zero-order chi connectivity index (χ0) is 9.26. The maximum atomic E-state index is 8.88. The molecule has 1 heteroatoms. The van der Waals surface area contributed by atoms with Crippen molar-refractivity contribution >= 4 is 6.08 Å². The van der Waals surface area contributed by atoms with Crippen LogP contribution < -0.4 is 0 Å². The van der Waals surface area contributed by atoms with Crippen molar-refractivity contribution in [3.8, 4) is 6.07 Å². The molecule has 0 spiro atoms. The third-order valence-electron chi connectivity index (χ3n) is 2.45. The van der Waals surface area contributed by atoms with E-state index in [1.165, 1.54) is 18.4 Å². The molecule has 13 heavy (non-hydrogen) atoms. The van der Waals surface area contributed by atoms with E-state index in [2.05, 4.69) is 18.7 Å². The van der Waals surface area contributed by atoms with Crippen LogP contribution in [0.5, 0.6) is 0 Å². The summed E-state index contributed by atoms with van der Waals surface area (Å²) >= 11 is 0. The van der Waals surface area contributed by atoms with Gasteiger partial charge in [-0.15, -0.1) is 0 Å². The van der Waals surface area contributed by atoms with Gasteiger partial charge < -0.3 is 0 Å². The third kappa shape index (κ3) is 1.48. The van der Waals surface area contributed by atoms with Crippen molar-refractivity contribution < 1.29 is 0 Å². The first-order valence-electron chi connectivity index (χ1n) is 4.51. The smallest absolute Gasteiger partial charge is 0.0994 e. The molecule has 1 aliphatic rings. The maximum absolute atomic E-state index is 8.88. The molecular weight excluding hydrogens is 158 g/mol. The summed E-state index contributed by atoms with van der Waals surface area (Å²) in [5.74, 6) is 0.634. The Labute approximate surface area is 78.3 Å². The van der Waals surface area contributed by atoms with Crippen molar-refractivity contribution in [3.05, 3.63) is 41.5 Å². The Morgan fingerprint density at radius 2 is 2.23 bits per heavy atom. The Morgan fingerprint density at radius 3 is 2.77 bits per heavy atom. The van der Waals surface area contributed by atoms with Gasteiger partial charge in [0, 0.05) is 0 Å². The van der Waals surface area contributed by atoms with Gasteiger partial charge in [-0.1, -0.05) is 24.8 Å². The fourth-order valence-electron chi connectivity index (χ4n) is 1.54. The van der Waals surface area contributed by atoms with Gasteiger partial charge in [-0.3, -0.25) is 0 Å². The lowest BCUT2D eigenvalue weighted by molar-refractivity contribution is 1.12. The average Bonchev–Trinajstić information content (AvgIpc) is 3.00. The van der Waals surface area contributed by atoms with Crippen LogP contribution in [0.25, 0.3) is 6.08 Å². The molecule has 0 bridgehead atoms. The lowest BCUT2D eigenvalue weighted by Gasteiger charge is -2.02. The molecule has 0 radical (unpaired) electrons. The van der Waals surface area contributed by atoms with Crippen molar-refractivity contribution in [3.63, 3.8) is 0 Å². The Bertz CT molecular complexity index is 381. The van der Waals surface area contributed by atoms with E-state index in [9.17, 15) is 0 Å². The Kier molecular flexibility index (Phi) is 1.90. The average molecular weight is 169 g/mol. The summed E-state index contributed by atoms with van der Waals surface area (Å²) in [5.41, 5.74) is 3.15. The molecule has 0 atom stereocenters. The molecule has 0 unspecified atom stereocenters. The van der Waals surface area contributed by atoms with Gasteiger partial charge in [-0.25, -0.2) is 0 Å². The number of rotatable bonds is 2. The van der Waals surface area contributed by atoms with Gasteiger partial charge >= 0.3 is 0 Å². The molecule has 0 saturated heterocycles. The van der Waals surface area contributed by atoms with E-state index in [0.717, 1.165) is 11.1 Å². The Balaban J connectivity index is 2.48. The lowest BCUT2D eigenvalue weighted by Crippen LogP contribution is -1.87. The third-order valence-corrected chi connectivity index (χ3v) is 2.45. The highest BCUT2D eigenvalue weighted by Gasteiger charge is 2.25. The van der Waals surface area contributed by atoms with Crippen molar-refractivity contribution in [2.45, 2.75) is 18.8 Å². The van der Waals surface area contributed by atoms with E-state index in [1.807, 2.05) is 18.2 Å². The van der Waals surface area contributed by atoms with Crippen LogP contribution in [0.3, 0.4) is 0 Å². The SMILES string of the molecule is C=Cc1ccc(C#N)c(C2CC2)c1. The molecule has 1 saturated carbocycles. The summed E-state index contributed by atoms with van der Waals surface area (Å²) in [6.45, 7) is 3.72. The summed E-state index contributed by atoms with van der Waals surface area (Å²) in [7, 11) is 0. The number of nitrogens with zero attached hydrogens (tertiary/aromatic N) is 1. The highest BCUT2D eigenvalue weighted by Crippen LogP contribution is 2.41. The van der Waals surface area contributed by atoms with Crippen LogP contribution >= 0.6 is 0 Å². The zero-order valence-corrected chi connectivity index (χ0v) is 7.46. The lowest BCUT2D eigenvalue weighted by atomic mass is 10.0. The van der Waals surface area contributed by atoms with Crippen LogP contribution in [0, 0.1) is 11.3 Å². The van der Waals surface area contributed by atoms with Crippen molar-refractivity contribution in [1.82, 2.24) is 0 Å². The quantitative estimate of drug-likeness (QED) is 0.667. The molecule has 64 valence electrons. The highest BCUT2D eigenvalue weighted by atomic mass is 14.3. The first-order chi connectivity index (χ1) is 6.35. The predicted octanol–water partition coefficient (Wildman–Crippen LogP) is 3.08. The minimum absolute atomic E-state index is 0.634. The van der Waals surface area contributed by atoms with Gasteiger partial charge in [0.15, 0.2) is 0 Å². The van der Waals surface area contributed by atoms with E-state index in [-0.39, 0.29) is 0 Å². The fourth-order valence-corrected chi connectivity index (χ4v) is 1.54. The second-order valence-electron chi connectivity index (χ2n) is 3.44. The van der Waals surface area contributed by atoms with Gasteiger partial charge in [0.2, 0.25) is 0 Å².